The topological polar surface area (TPSA) is 55.4 Å². The van der Waals surface area contributed by atoms with E-state index in [1.165, 1.54) is 12.7 Å². The van der Waals surface area contributed by atoms with Gasteiger partial charge in [-0.05, 0) is 17.5 Å². The Labute approximate surface area is 114 Å². The van der Waals surface area contributed by atoms with Crippen molar-refractivity contribution in [1.82, 2.24) is 5.32 Å². The van der Waals surface area contributed by atoms with Crippen LogP contribution in [0.15, 0.2) is 24.3 Å². The molecule has 1 rings (SSSR count). The molecule has 104 valence electrons. The molecule has 0 aromatic heterocycles. The minimum atomic E-state index is -0.864. The first-order chi connectivity index (χ1) is 8.90. The van der Waals surface area contributed by atoms with Crippen LogP contribution in [0.5, 0.6) is 0 Å². The zero-order valence-corrected chi connectivity index (χ0v) is 11.9. The molecule has 0 aliphatic heterocycles. The fourth-order valence-corrected chi connectivity index (χ4v) is 1.76. The van der Waals surface area contributed by atoms with E-state index in [0.29, 0.717) is 6.54 Å². The van der Waals surface area contributed by atoms with Crippen LogP contribution in [0.2, 0.25) is 0 Å². The fraction of sp³-hybridized carbons (Fsp3) is 0.467. The Morgan fingerprint density at radius 1 is 1.21 bits per heavy atom. The van der Waals surface area contributed by atoms with E-state index in [0.717, 1.165) is 12.0 Å². The van der Waals surface area contributed by atoms with Crippen molar-refractivity contribution in [3.05, 3.63) is 35.4 Å². The maximum absolute atomic E-state index is 11.4. The van der Waals surface area contributed by atoms with Crippen LogP contribution in [0.25, 0.3) is 0 Å². The zero-order valence-electron chi connectivity index (χ0n) is 11.9. The summed E-state index contributed by atoms with van der Waals surface area (Å²) >= 11 is 0. The van der Waals surface area contributed by atoms with Gasteiger partial charge in [-0.1, -0.05) is 45.0 Å². The third-order valence-corrected chi connectivity index (χ3v) is 3.21. The van der Waals surface area contributed by atoms with Crippen molar-refractivity contribution in [2.24, 2.45) is 0 Å². The number of amides is 1. The van der Waals surface area contributed by atoms with Gasteiger partial charge in [-0.15, -0.1) is 0 Å². The van der Waals surface area contributed by atoms with E-state index < -0.39 is 11.9 Å². The van der Waals surface area contributed by atoms with Gasteiger partial charge in [-0.25, -0.2) is 4.79 Å². The highest BCUT2D eigenvalue weighted by Gasteiger charge is 2.23. The second-order valence-corrected chi connectivity index (χ2v) is 5.11. The van der Waals surface area contributed by atoms with E-state index in [-0.39, 0.29) is 5.41 Å². The monoisotopic (exact) mass is 263 g/mol. The number of rotatable bonds is 4. The maximum atomic E-state index is 11.4. The van der Waals surface area contributed by atoms with Gasteiger partial charge in [0.15, 0.2) is 0 Å². The van der Waals surface area contributed by atoms with Crippen LogP contribution in [-0.2, 0) is 26.2 Å². The number of esters is 1. The molecule has 0 aliphatic carbocycles. The highest BCUT2D eigenvalue weighted by molar-refractivity contribution is 6.32. The first-order valence-electron chi connectivity index (χ1n) is 6.36. The van der Waals surface area contributed by atoms with E-state index in [9.17, 15) is 9.59 Å². The van der Waals surface area contributed by atoms with Crippen LogP contribution in [0.4, 0.5) is 0 Å². The number of carbonyl (C=O) groups is 2. The molecule has 1 aromatic rings. The number of methoxy groups -OCH3 is 1. The molecular weight excluding hydrogens is 242 g/mol. The Balaban J connectivity index is 2.69. The Morgan fingerprint density at radius 3 is 2.26 bits per heavy atom. The lowest BCUT2D eigenvalue weighted by Crippen LogP contribution is -2.40. The van der Waals surface area contributed by atoms with Crippen molar-refractivity contribution < 1.29 is 14.3 Å². The first-order valence-corrected chi connectivity index (χ1v) is 6.36. The molecule has 0 unspecified atom stereocenters. The average molecular weight is 263 g/mol. The number of benzene rings is 1. The molecule has 1 N–H and O–H groups in total. The lowest BCUT2D eigenvalue weighted by Gasteiger charge is -2.25. The van der Waals surface area contributed by atoms with Crippen molar-refractivity contribution >= 4 is 11.9 Å². The molecule has 0 saturated heterocycles. The van der Waals surface area contributed by atoms with Crippen LogP contribution in [0.3, 0.4) is 0 Å². The summed E-state index contributed by atoms with van der Waals surface area (Å²) in [7, 11) is 1.19. The smallest absolute Gasteiger partial charge is 0.396 e. The van der Waals surface area contributed by atoms with Crippen LogP contribution >= 0.6 is 0 Å². The summed E-state index contributed by atoms with van der Waals surface area (Å²) in [4.78, 5) is 22.4. The molecule has 1 aromatic carbocycles. The second kappa shape index (κ2) is 6.36. The third-order valence-electron chi connectivity index (χ3n) is 3.21. The fourth-order valence-electron chi connectivity index (χ4n) is 1.76. The molecule has 0 aliphatic rings. The van der Waals surface area contributed by atoms with Gasteiger partial charge in [0, 0.05) is 12.0 Å². The highest BCUT2D eigenvalue weighted by Crippen LogP contribution is 2.22. The summed E-state index contributed by atoms with van der Waals surface area (Å²) in [6, 6.07) is 8.28. The lowest BCUT2D eigenvalue weighted by atomic mass is 9.84. The molecular formula is C15H21NO3. The van der Waals surface area contributed by atoms with Crippen LogP contribution < -0.4 is 5.32 Å². The average Bonchev–Trinajstić information content (AvgIpc) is 2.44. The second-order valence-electron chi connectivity index (χ2n) is 5.11. The molecule has 19 heavy (non-hydrogen) atoms. The predicted molar refractivity (Wildman–Crippen MR) is 73.9 cm³/mol. The van der Waals surface area contributed by atoms with Crippen molar-refractivity contribution in [3.8, 4) is 0 Å². The number of ether oxygens (including phenoxy) is 1. The van der Waals surface area contributed by atoms with Crippen LogP contribution in [-0.4, -0.2) is 25.5 Å². The van der Waals surface area contributed by atoms with Gasteiger partial charge in [-0.2, -0.15) is 0 Å². The molecule has 0 radical (unpaired) electrons. The van der Waals surface area contributed by atoms with Crippen molar-refractivity contribution in [3.63, 3.8) is 0 Å². The van der Waals surface area contributed by atoms with Gasteiger partial charge in [0.25, 0.3) is 0 Å². The normalized spacial score (nSPS) is 10.9. The molecule has 4 heteroatoms. The van der Waals surface area contributed by atoms with Crippen LogP contribution in [0.1, 0.15) is 31.9 Å². The van der Waals surface area contributed by atoms with Crippen molar-refractivity contribution in [2.45, 2.75) is 32.6 Å². The standard InChI is InChI=1S/C15H21NO3/c1-5-11-6-8-12(9-7-11)15(2,3)10-16-13(17)14(18)19-4/h6-9H,5,10H2,1-4H3,(H,16,17). The molecule has 0 bridgehead atoms. The number of hydrogen-bond acceptors (Lipinski definition) is 3. The summed E-state index contributed by atoms with van der Waals surface area (Å²) in [5.41, 5.74) is 2.16. The predicted octanol–water partition coefficient (Wildman–Crippen LogP) is 1.82. The number of hydrogen-bond donors (Lipinski definition) is 1. The van der Waals surface area contributed by atoms with E-state index in [1.54, 1.807) is 0 Å². The van der Waals surface area contributed by atoms with Crippen LogP contribution in [0, 0.1) is 0 Å². The summed E-state index contributed by atoms with van der Waals surface area (Å²) in [5, 5.41) is 2.59. The van der Waals surface area contributed by atoms with Gasteiger partial charge >= 0.3 is 11.9 Å². The Morgan fingerprint density at radius 2 is 1.79 bits per heavy atom. The SMILES string of the molecule is CCc1ccc(C(C)(C)CNC(=O)C(=O)OC)cc1. The quantitative estimate of drug-likeness (QED) is 0.666. The maximum Gasteiger partial charge on any atom is 0.396 e. The summed E-state index contributed by atoms with van der Waals surface area (Å²) in [6.07, 6.45) is 1.000. The Kier molecular flexibility index (Phi) is 5.10. The zero-order chi connectivity index (χ0) is 14.5. The van der Waals surface area contributed by atoms with E-state index in [1.807, 2.05) is 13.8 Å². The minimum Gasteiger partial charge on any atom is -0.462 e. The summed E-state index contributed by atoms with van der Waals surface area (Å²) in [5.74, 6) is -1.57. The minimum absolute atomic E-state index is 0.240. The number of carbonyl (C=O) groups excluding carboxylic acids is 2. The number of aryl methyl sites for hydroxylation is 1. The van der Waals surface area contributed by atoms with Gasteiger partial charge in [0.05, 0.1) is 7.11 Å². The molecule has 1 amide bonds. The molecule has 0 saturated carbocycles. The van der Waals surface area contributed by atoms with E-state index >= 15 is 0 Å². The largest absolute Gasteiger partial charge is 0.462 e. The van der Waals surface area contributed by atoms with E-state index in [2.05, 4.69) is 41.2 Å². The molecule has 4 nitrogen and oxygen atoms in total. The van der Waals surface area contributed by atoms with E-state index in [4.69, 9.17) is 0 Å². The van der Waals surface area contributed by atoms with Gasteiger partial charge in [-0.3, -0.25) is 4.79 Å². The van der Waals surface area contributed by atoms with Gasteiger partial charge in [0.2, 0.25) is 0 Å². The summed E-state index contributed by atoms with van der Waals surface area (Å²) in [6.45, 7) is 6.53. The molecule has 0 atom stereocenters. The lowest BCUT2D eigenvalue weighted by molar-refractivity contribution is -0.152. The van der Waals surface area contributed by atoms with Crippen molar-refractivity contribution in [2.75, 3.05) is 13.7 Å². The first kappa shape index (κ1) is 15.2. The number of nitrogens with one attached hydrogen (secondary N) is 1. The van der Waals surface area contributed by atoms with Gasteiger partial charge < -0.3 is 10.1 Å². The Bertz CT molecular complexity index is 449. The Hall–Kier alpha value is -1.84. The summed E-state index contributed by atoms with van der Waals surface area (Å²) < 4.78 is 4.36. The molecule has 0 fully saturated rings. The third kappa shape index (κ3) is 4.09. The molecule has 0 heterocycles. The van der Waals surface area contributed by atoms with Gasteiger partial charge in [0.1, 0.15) is 0 Å². The van der Waals surface area contributed by atoms with Crippen molar-refractivity contribution in [1.29, 1.82) is 0 Å². The molecule has 0 spiro atoms. The highest BCUT2D eigenvalue weighted by atomic mass is 16.5.